The van der Waals surface area contributed by atoms with E-state index in [0.29, 0.717) is 0 Å². The van der Waals surface area contributed by atoms with Gasteiger partial charge in [-0.25, -0.2) is 0 Å². The zero-order valence-electron chi connectivity index (χ0n) is 28.4. The number of benzene rings is 4. The van der Waals surface area contributed by atoms with E-state index in [9.17, 15) is 17.3 Å². The topological polar surface area (TPSA) is 44.3 Å². The molecule has 4 aromatic carbocycles. The summed E-state index contributed by atoms with van der Waals surface area (Å²) in [6, 6.07) is 31.1. The summed E-state index contributed by atoms with van der Waals surface area (Å²) in [7, 11) is -6.00. The van der Waals surface area contributed by atoms with Crippen molar-refractivity contribution in [2.24, 2.45) is 0 Å². The molecule has 0 aliphatic carbocycles. The van der Waals surface area contributed by atoms with Crippen LogP contribution in [0.15, 0.2) is 97.6 Å². The molecule has 0 amide bonds. The quantitative estimate of drug-likeness (QED) is 0.0878. The Morgan fingerprint density at radius 1 is 0.638 bits per heavy atom. The van der Waals surface area contributed by atoms with Crippen LogP contribution in [0.4, 0.5) is 17.3 Å². The van der Waals surface area contributed by atoms with Crippen LogP contribution in [0.3, 0.4) is 0 Å². The van der Waals surface area contributed by atoms with Gasteiger partial charge in [-0.3, -0.25) is 0 Å². The van der Waals surface area contributed by atoms with Gasteiger partial charge in [0.15, 0.2) is 0 Å². The van der Waals surface area contributed by atoms with E-state index < -0.39 is 7.25 Å². The van der Waals surface area contributed by atoms with Gasteiger partial charge in [0.1, 0.15) is 0 Å². The summed E-state index contributed by atoms with van der Waals surface area (Å²) < 4.78 is 39.0. The molecule has 0 heterocycles. The molecule has 258 valence electrons. The summed E-state index contributed by atoms with van der Waals surface area (Å²) in [5, 5.41) is 16.2. The minimum absolute atomic E-state index is 0. The van der Waals surface area contributed by atoms with Gasteiger partial charge in [0.05, 0.1) is 18.2 Å². The molecule has 9 heteroatoms. The number of hydrogen-bond acceptors (Lipinski definition) is 3. The Morgan fingerprint density at radius 3 is 1.13 bits per heavy atom. The Bertz CT molecular complexity index is 1360. The largest absolute Gasteiger partial charge is 1.00 e. The molecule has 3 nitrogen and oxygen atoms in total. The third-order valence-electron chi connectivity index (χ3n) is 7.67. The van der Waals surface area contributed by atoms with Crippen LogP contribution >= 0.6 is 0 Å². The molecule has 0 aliphatic rings. The predicted octanol–water partition coefficient (Wildman–Crippen LogP) is 9.75. The van der Waals surface area contributed by atoms with Crippen molar-refractivity contribution in [2.75, 3.05) is 0 Å². The molecule has 3 N–H and O–H groups in total. The van der Waals surface area contributed by atoms with E-state index in [4.69, 9.17) is 5.11 Å². The summed E-state index contributed by atoms with van der Waals surface area (Å²) >= 11 is 0. The standard InChI is InChI=1S/C34H40N2.C4H8O.BF4.Cu/c1-23-17-25(3)31(26(4)18-23)21-35-33(29-13-9-7-10-14-29)34(30-15-11-8-12-16-30)36-22-32-27(5)19-24(2)20-28(32)6;1-3-4(2)5;2-1(3,4)5;/h7-20,33-36H,21-22H2,1-6H3;3-5H,1H2,2H3;;/q;;-1;+1/t33-,34-;4-;;/m11../s1. The normalized spacial score (nSPS) is 12.7. The first-order valence-corrected chi connectivity index (χ1v) is 15.5. The van der Waals surface area contributed by atoms with Gasteiger partial charge in [-0.1, -0.05) is 102 Å². The summed E-state index contributed by atoms with van der Waals surface area (Å²) in [6.45, 7) is 19.9. The predicted molar refractivity (Wildman–Crippen MR) is 185 cm³/mol. The molecule has 47 heavy (non-hydrogen) atoms. The van der Waals surface area contributed by atoms with Crippen molar-refractivity contribution in [2.45, 2.75) is 79.7 Å². The molecule has 0 aliphatic heterocycles. The first-order valence-electron chi connectivity index (χ1n) is 15.5. The van der Waals surface area contributed by atoms with Crippen molar-refractivity contribution >= 4 is 7.25 Å². The Kier molecular flexibility index (Phi) is 18.0. The van der Waals surface area contributed by atoms with Gasteiger partial charge in [0.2, 0.25) is 0 Å². The Balaban J connectivity index is 0.000000878. The van der Waals surface area contributed by atoms with Gasteiger partial charge in [-0.15, -0.1) is 6.58 Å². The molecule has 0 aromatic heterocycles. The molecule has 4 aromatic rings. The monoisotopic (exact) mass is 698 g/mol. The van der Waals surface area contributed by atoms with Crippen LogP contribution in [-0.4, -0.2) is 18.5 Å². The number of aliphatic hydroxyl groups excluding tert-OH is 1. The molecule has 0 bridgehead atoms. The van der Waals surface area contributed by atoms with Crippen LogP contribution in [0, 0.1) is 41.5 Å². The Hall–Kier alpha value is -3.20. The van der Waals surface area contributed by atoms with Crippen LogP contribution < -0.4 is 10.6 Å². The maximum absolute atomic E-state index is 9.75. The van der Waals surface area contributed by atoms with E-state index in [1.807, 2.05) is 0 Å². The zero-order chi connectivity index (χ0) is 34.4. The maximum atomic E-state index is 9.75. The number of nitrogens with one attached hydrogen (secondary N) is 2. The molecule has 0 saturated heterocycles. The van der Waals surface area contributed by atoms with Crippen LogP contribution in [0.2, 0.25) is 0 Å². The molecule has 0 unspecified atom stereocenters. The molecule has 4 rings (SSSR count). The molecular weight excluding hydrogens is 651 g/mol. The number of aliphatic hydroxyl groups is 1. The average molecular weight is 699 g/mol. The molecule has 0 saturated carbocycles. The van der Waals surface area contributed by atoms with Gasteiger partial charge < -0.3 is 33.0 Å². The van der Waals surface area contributed by atoms with Crippen molar-refractivity contribution in [3.63, 3.8) is 0 Å². The summed E-state index contributed by atoms with van der Waals surface area (Å²) in [5.41, 5.74) is 13.4. The summed E-state index contributed by atoms with van der Waals surface area (Å²) in [6.07, 6.45) is 1.12. The molecule has 0 spiro atoms. The van der Waals surface area contributed by atoms with E-state index >= 15 is 0 Å². The third-order valence-corrected chi connectivity index (χ3v) is 7.67. The fourth-order valence-electron chi connectivity index (χ4n) is 5.58. The second-order valence-electron chi connectivity index (χ2n) is 11.8. The number of halogens is 4. The van der Waals surface area contributed by atoms with Gasteiger partial charge in [0, 0.05) is 13.1 Å². The fraction of sp³-hybridized carbons (Fsp3) is 0.316. The van der Waals surface area contributed by atoms with E-state index in [-0.39, 0.29) is 35.3 Å². The van der Waals surface area contributed by atoms with Gasteiger partial charge >= 0.3 is 24.3 Å². The van der Waals surface area contributed by atoms with Crippen molar-refractivity contribution in [3.8, 4) is 0 Å². The number of hydrogen-bond donors (Lipinski definition) is 3. The third kappa shape index (κ3) is 15.1. The first-order chi connectivity index (χ1) is 21.6. The molecule has 3 atom stereocenters. The number of aryl methyl sites for hydroxylation is 6. The van der Waals surface area contributed by atoms with Crippen molar-refractivity contribution in [3.05, 3.63) is 153 Å². The van der Waals surface area contributed by atoms with E-state index in [1.54, 1.807) is 6.92 Å². The molecule has 0 fully saturated rings. The van der Waals surface area contributed by atoms with E-state index in [1.165, 1.54) is 61.7 Å². The van der Waals surface area contributed by atoms with Crippen molar-refractivity contribution in [1.82, 2.24) is 10.6 Å². The Morgan fingerprint density at radius 2 is 0.894 bits per heavy atom. The second-order valence-corrected chi connectivity index (χ2v) is 11.8. The van der Waals surface area contributed by atoms with E-state index in [2.05, 4.69) is 144 Å². The molecular formula is C38H48BCuF4N2O. The smallest absolute Gasteiger partial charge is 0.418 e. The van der Waals surface area contributed by atoms with Gasteiger partial charge in [-0.2, -0.15) is 0 Å². The second kappa shape index (κ2) is 20.2. The first kappa shape index (κ1) is 41.8. The van der Waals surface area contributed by atoms with Crippen LogP contribution in [0.25, 0.3) is 0 Å². The van der Waals surface area contributed by atoms with Crippen molar-refractivity contribution < 1.29 is 39.4 Å². The maximum Gasteiger partial charge on any atom is 1.00 e. The average Bonchev–Trinajstić information content (AvgIpc) is 2.97. The SMILES string of the molecule is C=C[C@@H](C)O.Cc1cc(C)c(CN[C@H](c2ccccc2)[C@H](NCc2c(C)cc(C)cc2C)c2ccccc2)c(C)c1.F[B-](F)(F)F.[Cu+]. The molecule has 0 radical (unpaired) electrons. The number of rotatable bonds is 10. The Labute approximate surface area is 289 Å². The van der Waals surface area contributed by atoms with Gasteiger partial charge in [-0.05, 0) is 93.0 Å². The minimum Gasteiger partial charge on any atom is -0.418 e. The van der Waals surface area contributed by atoms with Gasteiger partial charge in [0.25, 0.3) is 0 Å². The summed E-state index contributed by atoms with van der Waals surface area (Å²) in [5.74, 6) is 0. The van der Waals surface area contributed by atoms with Crippen LogP contribution in [0.5, 0.6) is 0 Å². The summed E-state index contributed by atoms with van der Waals surface area (Å²) in [4.78, 5) is 0. The van der Waals surface area contributed by atoms with Crippen LogP contribution in [-0.2, 0) is 30.2 Å². The zero-order valence-corrected chi connectivity index (χ0v) is 29.3. The minimum atomic E-state index is -6.00. The van der Waals surface area contributed by atoms with Crippen LogP contribution in [0.1, 0.15) is 74.6 Å². The van der Waals surface area contributed by atoms with Crippen molar-refractivity contribution in [1.29, 1.82) is 0 Å². The van der Waals surface area contributed by atoms with E-state index in [0.717, 1.165) is 13.1 Å². The fourth-order valence-corrected chi connectivity index (χ4v) is 5.58.